The lowest BCUT2D eigenvalue weighted by atomic mass is 10.2. The van der Waals surface area contributed by atoms with Gasteiger partial charge in [-0.25, -0.2) is 0 Å². The van der Waals surface area contributed by atoms with Crippen LogP contribution in [0.2, 0.25) is 5.28 Å². The standard InChI is InChI=1S/C11H12ClN5O/c1-3-7-8(5-4-6(2)14-7)18-11-16-9(12)15-10(13)17-11/h4-5H,3H2,1-2H3,(H2,13,15,16,17). The van der Waals surface area contributed by atoms with Gasteiger partial charge < -0.3 is 10.5 Å². The Morgan fingerprint density at radius 3 is 2.67 bits per heavy atom. The number of rotatable bonds is 3. The molecule has 0 radical (unpaired) electrons. The Balaban J connectivity index is 2.33. The van der Waals surface area contributed by atoms with E-state index in [4.69, 9.17) is 22.1 Å². The van der Waals surface area contributed by atoms with Gasteiger partial charge in [-0.05, 0) is 37.1 Å². The third-order valence-corrected chi connectivity index (χ3v) is 2.38. The maximum Gasteiger partial charge on any atom is 0.328 e. The van der Waals surface area contributed by atoms with Gasteiger partial charge in [0.05, 0.1) is 5.69 Å². The Hall–Kier alpha value is -1.95. The van der Waals surface area contributed by atoms with Crippen molar-refractivity contribution in [1.82, 2.24) is 19.9 Å². The van der Waals surface area contributed by atoms with E-state index in [-0.39, 0.29) is 17.2 Å². The van der Waals surface area contributed by atoms with E-state index in [1.807, 2.05) is 26.0 Å². The van der Waals surface area contributed by atoms with Gasteiger partial charge in [-0.15, -0.1) is 0 Å². The summed E-state index contributed by atoms with van der Waals surface area (Å²) in [5, 5.41) is -0.00406. The summed E-state index contributed by atoms with van der Waals surface area (Å²) in [6, 6.07) is 3.73. The first-order valence-corrected chi connectivity index (χ1v) is 5.77. The second kappa shape index (κ2) is 5.14. The summed E-state index contributed by atoms with van der Waals surface area (Å²) < 4.78 is 5.53. The van der Waals surface area contributed by atoms with Gasteiger partial charge in [0, 0.05) is 5.69 Å². The van der Waals surface area contributed by atoms with Crippen molar-refractivity contribution in [2.75, 3.05) is 5.73 Å². The van der Waals surface area contributed by atoms with Gasteiger partial charge in [-0.2, -0.15) is 15.0 Å². The molecule has 0 aliphatic heterocycles. The predicted molar refractivity (Wildman–Crippen MR) is 67.7 cm³/mol. The molecule has 2 N–H and O–H groups in total. The van der Waals surface area contributed by atoms with Gasteiger partial charge in [0.15, 0.2) is 5.75 Å². The first kappa shape index (κ1) is 12.5. The number of hydrogen-bond donors (Lipinski definition) is 1. The maximum atomic E-state index is 5.68. The molecule has 0 atom stereocenters. The smallest absolute Gasteiger partial charge is 0.328 e. The van der Waals surface area contributed by atoms with Crippen LogP contribution in [0.15, 0.2) is 12.1 Å². The van der Waals surface area contributed by atoms with Crippen molar-refractivity contribution in [3.8, 4) is 11.8 Å². The molecule has 0 aliphatic carbocycles. The largest absolute Gasteiger partial charge is 0.422 e. The second-order valence-electron chi connectivity index (χ2n) is 3.60. The third kappa shape index (κ3) is 2.84. The van der Waals surface area contributed by atoms with Gasteiger partial charge in [0.1, 0.15) is 0 Å². The number of aromatic nitrogens is 4. The number of pyridine rings is 1. The highest BCUT2D eigenvalue weighted by Crippen LogP contribution is 2.23. The molecule has 2 aromatic rings. The molecule has 7 heteroatoms. The molecule has 18 heavy (non-hydrogen) atoms. The number of nitrogen functional groups attached to an aromatic ring is 1. The van der Waals surface area contributed by atoms with E-state index < -0.39 is 0 Å². The van der Waals surface area contributed by atoms with E-state index in [9.17, 15) is 0 Å². The highest BCUT2D eigenvalue weighted by atomic mass is 35.5. The van der Waals surface area contributed by atoms with Crippen molar-refractivity contribution in [3.63, 3.8) is 0 Å². The fraction of sp³-hybridized carbons (Fsp3) is 0.273. The van der Waals surface area contributed by atoms with Crippen LogP contribution in [-0.4, -0.2) is 19.9 Å². The summed E-state index contributed by atoms with van der Waals surface area (Å²) in [4.78, 5) is 15.7. The molecule has 0 aromatic carbocycles. The minimum Gasteiger partial charge on any atom is -0.422 e. The van der Waals surface area contributed by atoms with Gasteiger partial charge in [0.25, 0.3) is 0 Å². The highest BCUT2D eigenvalue weighted by molar-refractivity contribution is 6.28. The molecule has 2 aromatic heterocycles. The molecule has 0 saturated carbocycles. The molecule has 0 aliphatic rings. The predicted octanol–water partition coefficient (Wildman–Crippen LogP) is 2.17. The molecule has 0 bridgehead atoms. The van der Waals surface area contributed by atoms with Crippen molar-refractivity contribution >= 4 is 17.5 Å². The molecule has 6 nitrogen and oxygen atoms in total. The molecule has 0 amide bonds. The average molecular weight is 266 g/mol. The van der Waals surface area contributed by atoms with Gasteiger partial charge in [-0.1, -0.05) is 6.92 Å². The Morgan fingerprint density at radius 1 is 1.22 bits per heavy atom. The zero-order valence-corrected chi connectivity index (χ0v) is 10.8. The number of nitrogens with two attached hydrogens (primary N) is 1. The molecule has 0 spiro atoms. The Kier molecular flexibility index (Phi) is 3.57. The normalized spacial score (nSPS) is 10.4. The summed E-state index contributed by atoms with van der Waals surface area (Å²) in [6.45, 7) is 3.91. The molecule has 0 fully saturated rings. The summed E-state index contributed by atoms with van der Waals surface area (Å²) in [7, 11) is 0. The molecule has 0 saturated heterocycles. The lowest BCUT2D eigenvalue weighted by Crippen LogP contribution is -2.02. The minimum atomic E-state index is -0.00406. The van der Waals surface area contributed by atoms with Gasteiger partial charge in [0.2, 0.25) is 11.2 Å². The van der Waals surface area contributed by atoms with E-state index >= 15 is 0 Å². The third-order valence-electron chi connectivity index (χ3n) is 2.21. The van der Waals surface area contributed by atoms with E-state index in [1.165, 1.54) is 0 Å². The van der Waals surface area contributed by atoms with Crippen LogP contribution in [0.3, 0.4) is 0 Å². The number of halogens is 1. The molecular formula is C11H12ClN5O. The molecule has 0 unspecified atom stereocenters. The summed E-state index contributed by atoms with van der Waals surface area (Å²) in [5.41, 5.74) is 7.21. The molecule has 2 rings (SSSR count). The lowest BCUT2D eigenvalue weighted by Gasteiger charge is -2.08. The SMILES string of the molecule is CCc1nc(C)ccc1Oc1nc(N)nc(Cl)n1. The monoisotopic (exact) mass is 265 g/mol. The quantitative estimate of drug-likeness (QED) is 0.915. The summed E-state index contributed by atoms with van der Waals surface area (Å²) >= 11 is 5.68. The van der Waals surface area contributed by atoms with Crippen LogP contribution >= 0.6 is 11.6 Å². The number of ether oxygens (including phenoxy) is 1. The molecule has 94 valence electrons. The van der Waals surface area contributed by atoms with Crippen LogP contribution in [0.4, 0.5) is 5.95 Å². The second-order valence-corrected chi connectivity index (χ2v) is 3.94. The van der Waals surface area contributed by atoms with Crippen LogP contribution in [-0.2, 0) is 6.42 Å². The van der Waals surface area contributed by atoms with E-state index in [1.54, 1.807) is 0 Å². The Bertz CT molecular complexity index is 555. The van der Waals surface area contributed by atoms with Crippen LogP contribution in [0.25, 0.3) is 0 Å². The average Bonchev–Trinajstić information content (AvgIpc) is 2.30. The first-order chi connectivity index (χ1) is 8.58. The summed E-state index contributed by atoms with van der Waals surface area (Å²) in [6.07, 6.45) is 0.741. The van der Waals surface area contributed by atoms with E-state index in [0.29, 0.717) is 5.75 Å². The fourth-order valence-corrected chi connectivity index (χ4v) is 1.59. The van der Waals surface area contributed by atoms with E-state index in [0.717, 1.165) is 17.8 Å². The Labute approximate surface area is 109 Å². The van der Waals surface area contributed by atoms with Gasteiger partial charge >= 0.3 is 6.01 Å². The van der Waals surface area contributed by atoms with Crippen molar-refractivity contribution < 1.29 is 4.74 Å². The van der Waals surface area contributed by atoms with Gasteiger partial charge in [-0.3, -0.25) is 4.98 Å². The van der Waals surface area contributed by atoms with Crippen molar-refractivity contribution in [1.29, 1.82) is 0 Å². The first-order valence-electron chi connectivity index (χ1n) is 5.40. The van der Waals surface area contributed by atoms with Crippen molar-refractivity contribution in [3.05, 3.63) is 28.8 Å². The van der Waals surface area contributed by atoms with Crippen LogP contribution in [0.1, 0.15) is 18.3 Å². The molecular weight excluding hydrogens is 254 g/mol. The lowest BCUT2D eigenvalue weighted by molar-refractivity contribution is 0.433. The Morgan fingerprint density at radius 2 is 2.00 bits per heavy atom. The van der Waals surface area contributed by atoms with Crippen molar-refractivity contribution in [2.45, 2.75) is 20.3 Å². The van der Waals surface area contributed by atoms with E-state index in [2.05, 4.69) is 19.9 Å². The van der Waals surface area contributed by atoms with Crippen LogP contribution in [0.5, 0.6) is 11.8 Å². The number of nitrogens with zero attached hydrogens (tertiary/aromatic N) is 4. The minimum absolute atomic E-state index is 0.00406. The number of aryl methyl sites for hydroxylation is 2. The fourth-order valence-electron chi connectivity index (χ4n) is 1.43. The zero-order chi connectivity index (χ0) is 13.1. The summed E-state index contributed by atoms with van der Waals surface area (Å²) in [5.74, 6) is 0.605. The number of hydrogen-bond acceptors (Lipinski definition) is 6. The zero-order valence-electron chi connectivity index (χ0n) is 10.0. The van der Waals surface area contributed by atoms with Crippen LogP contribution in [0, 0.1) is 6.92 Å². The van der Waals surface area contributed by atoms with Crippen molar-refractivity contribution in [2.24, 2.45) is 0 Å². The van der Waals surface area contributed by atoms with Crippen LogP contribution < -0.4 is 10.5 Å². The highest BCUT2D eigenvalue weighted by Gasteiger charge is 2.09. The topological polar surface area (TPSA) is 86.8 Å². The number of anilines is 1. The maximum absolute atomic E-state index is 5.68. The molecule has 2 heterocycles.